The first-order valence-corrected chi connectivity index (χ1v) is 9.94. The van der Waals surface area contributed by atoms with Crippen molar-refractivity contribution in [1.29, 1.82) is 5.26 Å². The van der Waals surface area contributed by atoms with Gasteiger partial charge in [-0.15, -0.1) is 0 Å². The molecule has 0 radical (unpaired) electrons. The van der Waals surface area contributed by atoms with Crippen LogP contribution >= 0.6 is 0 Å². The lowest BCUT2D eigenvalue weighted by atomic mass is 9.90. The minimum absolute atomic E-state index is 0.0561. The summed E-state index contributed by atoms with van der Waals surface area (Å²) in [6.45, 7) is 1.52. The zero-order valence-corrected chi connectivity index (χ0v) is 16.2. The summed E-state index contributed by atoms with van der Waals surface area (Å²) in [5.41, 5.74) is 4.68. The summed E-state index contributed by atoms with van der Waals surface area (Å²) in [6.07, 6.45) is 1.97. The Kier molecular flexibility index (Phi) is 5.58. The maximum Gasteiger partial charge on any atom is 0.321 e. The monoisotopic (exact) mass is 381 g/mol. The van der Waals surface area contributed by atoms with Gasteiger partial charge in [0.25, 0.3) is 0 Å². The first-order valence-electron chi connectivity index (χ1n) is 9.94. The van der Waals surface area contributed by atoms with Crippen LogP contribution in [0.2, 0.25) is 0 Å². The molecule has 3 aromatic carbocycles. The van der Waals surface area contributed by atoms with Crippen molar-refractivity contribution < 1.29 is 4.79 Å². The lowest BCUT2D eigenvalue weighted by Gasteiger charge is -2.32. The first-order chi connectivity index (χ1) is 14.2. The van der Waals surface area contributed by atoms with Crippen LogP contribution in [0.15, 0.2) is 78.9 Å². The van der Waals surface area contributed by atoms with Crippen LogP contribution < -0.4 is 5.32 Å². The largest absolute Gasteiger partial charge is 0.324 e. The summed E-state index contributed by atoms with van der Waals surface area (Å²) in [5.74, 6) is 0.524. The normalized spacial score (nSPS) is 14.2. The van der Waals surface area contributed by atoms with Gasteiger partial charge in [-0.2, -0.15) is 5.26 Å². The summed E-state index contributed by atoms with van der Waals surface area (Å²) in [6, 6.07) is 27.9. The van der Waals surface area contributed by atoms with Crippen molar-refractivity contribution >= 4 is 11.7 Å². The van der Waals surface area contributed by atoms with E-state index >= 15 is 0 Å². The Bertz CT molecular complexity index is 1030. The zero-order valence-electron chi connectivity index (χ0n) is 16.2. The first kappa shape index (κ1) is 18.8. The van der Waals surface area contributed by atoms with E-state index in [0.717, 1.165) is 42.7 Å². The number of nitrogens with one attached hydrogen (secondary N) is 1. The Hall–Kier alpha value is -3.58. The van der Waals surface area contributed by atoms with Crippen LogP contribution in [0.1, 0.15) is 29.9 Å². The molecule has 0 bridgehead atoms. The molecule has 1 saturated heterocycles. The van der Waals surface area contributed by atoms with Gasteiger partial charge >= 0.3 is 6.03 Å². The molecule has 4 heteroatoms. The number of carbonyl (C=O) groups is 1. The van der Waals surface area contributed by atoms with E-state index in [1.165, 1.54) is 5.56 Å². The number of likely N-dealkylation sites (tertiary alicyclic amines) is 1. The lowest BCUT2D eigenvalue weighted by Crippen LogP contribution is -2.40. The van der Waals surface area contributed by atoms with Crippen molar-refractivity contribution in [3.63, 3.8) is 0 Å². The van der Waals surface area contributed by atoms with Crippen LogP contribution in [0.3, 0.4) is 0 Å². The molecule has 1 aliphatic rings. The minimum Gasteiger partial charge on any atom is -0.324 e. The number of benzene rings is 3. The van der Waals surface area contributed by atoms with Crippen LogP contribution in [0.4, 0.5) is 10.5 Å². The molecule has 1 heterocycles. The van der Waals surface area contributed by atoms with Gasteiger partial charge in [0, 0.05) is 18.8 Å². The van der Waals surface area contributed by atoms with Gasteiger partial charge in [0.15, 0.2) is 0 Å². The highest BCUT2D eigenvalue weighted by Gasteiger charge is 2.23. The molecule has 4 nitrogen and oxygen atoms in total. The summed E-state index contributed by atoms with van der Waals surface area (Å²) in [4.78, 5) is 14.6. The molecule has 1 aliphatic heterocycles. The predicted octanol–water partition coefficient (Wildman–Crippen LogP) is 5.64. The third-order valence-corrected chi connectivity index (χ3v) is 5.49. The molecule has 0 unspecified atom stereocenters. The van der Waals surface area contributed by atoms with E-state index in [1.54, 1.807) is 6.07 Å². The number of anilines is 1. The summed E-state index contributed by atoms with van der Waals surface area (Å²) in [7, 11) is 0. The number of nitrogens with zero attached hydrogens (tertiary/aromatic N) is 2. The van der Waals surface area contributed by atoms with E-state index in [0.29, 0.717) is 11.5 Å². The number of hydrogen-bond acceptors (Lipinski definition) is 2. The second-order valence-electron chi connectivity index (χ2n) is 7.38. The third kappa shape index (κ3) is 4.47. The van der Waals surface area contributed by atoms with Gasteiger partial charge in [-0.25, -0.2) is 4.79 Å². The molecule has 3 aromatic rings. The number of hydrogen-bond donors (Lipinski definition) is 1. The molecule has 0 atom stereocenters. The molecular formula is C25H23N3O. The van der Waals surface area contributed by atoms with Crippen molar-refractivity contribution in [3.8, 4) is 17.2 Å². The molecule has 1 N–H and O–H groups in total. The maximum atomic E-state index is 12.7. The highest BCUT2D eigenvalue weighted by Crippen LogP contribution is 2.28. The molecule has 2 amide bonds. The van der Waals surface area contributed by atoms with E-state index < -0.39 is 0 Å². The van der Waals surface area contributed by atoms with Crippen LogP contribution in [-0.4, -0.2) is 24.0 Å². The molecule has 0 spiro atoms. The van der Waals surface area contributed by atoms with Gasteiger partial charge in [0.2, 0.25) is 0 Å². The SMILES string of the molecule is N#Cc1cccc(-c2cccc(NC(=O)N3CCC(c4ccccc4)CC3)c2)c1. The molecule has 29 heavy (non-hydrogen) atoms. The Morgan fingerprint density at radius 2 is 1.59 bits per heavy atom. The van der Waals surface area contributed by atoms with Crippen LogP contribution in [0, 0.1) is 11.3 Å². The Morgan fingerprint density at radius 1 is 0.897 bits per heavy atom. The third-order valence-electron chi connectivity index (χ3n) is 5.49. The van der Waals surface area contributed by atoms with Gasteiger partial charge in [0.1, 0.15) is 0 Å². The smallest absolute Gasteiger partial charge is 0.321 e. The van der Waals surface area contributed by atoms with Crippen LogP contribution in [0.5, 0.6) is 0 Å². The Balaban J connectivity index is 1.40. The summed E-state index contributed by atoms with van der Waals surface area (Å²) < 4.78 is 0. The van der Waals surface area contributed by atoms with Crippen molar-refractivity contribution in [2.24, 2.45) is 0 Å². The predicted molar refractivity (Wildman–Crippen MR) is 116 cm³/mol. The topological polar surface area (TPSA) is 56.1 Å². The average molecular weight is 381 g/mol. The number of rotatable bonds is 3. The minimum atomic E-state index is -0.0561. The second-order valence-corrected chi connectivity index (χ2v) is 7.38. The number of nitriles is 1. The van der Waals surface area contributed by atoms with E-state index in [2.05, 4.69) is 35.7 Å². The van der Waals surface area contributed by atoms with E-state index in [1.807, 2.05) is 53.4 Å². The van der Waals surface area contributed by atoms with E-state index in [9.17, 15) is 4.79 Å². The van der Waals surface area contributed by atoms with Gasteiger partial charge < -0.3 is 10.2 Å². The van der Waals surface area contributed by atoms with Crippen molar-refractivity contribution in [2.45, 2.75) is 18.8 Å². The van der Waals surface area contributed by atoms with E-state index in [4.69, 9.17) is 5.26 Å². The van der Waals surface area contributed by atoms with Gasteiger partial charge in [0.05, 0.1) is 11.6 Å². The molecule has 0 aromatic heterocycles. The van der Waals surface area contributed by atoms with Crippen molar-refractivity contribution in [3.05, 3.63) is 90.0 Å². The van der Waals surface area contributed by atoms with Gasteiger partial charge in [-0.05, 0) is 59.7 Å². The number of piperidine rings is 1. The molecule has 1 fully saturated rings. The maximum absolute atomic E-state index is 12.7. The number of carbonyl (C=O) groups excluding carboxylic acids is 1. The standard InChI is InChI=1S/C25H23N3O/c26-18-19-6-4-9-22(16-19)23-10-5-11-24(17-23)27-25(29)28-14-12-21(13-15-28)20-7-2-1-3-8-20/h1-11,16-17,21H,12-15H2,(H,27,29). The van der Waals surface area contributed by atoms with Crippen molar-refractivity contribution in [2.75, 3.05) is 18.4 Å². The molecule has 0 aliphatic carbocycles. The highest BCUT2D eigenvalue weighted by atomic mass is 16.2. The zero-order chi connectivity index (χ0) is 20.1. The summed E-state index contributed by atoms with van der Waals surface area (Å²) in [5, 5.41) is 12.1. The highest BCUT2D eigenvalue weighted by molar-refractivity contribution is 5.90. The van der Waals surface area contributed by atoms with Gasteiger partial charge in [-0.1, -0.05) is 54.6 Å². The van der Waals surface area contributed by atoms with Crippen LogP contribution in [-0.2, 0) is 0 Å². The van der Waals surface area contributed by atoms with E-state index in [-0.39, 0.29) is 6.03 Å². The number of amides is 2. The fourth-order valence-electron chi connectivity index (χ4n) is 3.89. The fourth-order valence-corrected chi connectivity index (χ4v) is 3.89. The molecular weight excluding hydrogens is 358 g/mol. The molecule has 0 saturated carbocycles. The molecule has 4 rings (SSSR count). The van der Waals surface area contributed by atoms with Crippen LogP contribution in [0.25, 0.3) is 11.1 Å². The Morgan fingerprint density at radius 3 is 2.31 bits per heavy atom. The average Bonchev–Trinajstić information content (AvgIpc) is 2.80. The lowest BCUT2D eigenvalue weighted by molar-refractivity contribution is 0.194. The molecule has 144 valence electrons. The fraction of sp³-hybridized carbons (Fsp3) is 0.200. The number of urea groups is 1. The summed E-state index contributed by atoms with van der Waals surface area (Å²) >= 11 is 0. The van der Waals surface area contributed by atoms with Crippen molar-refractivity contribution in [1.82, 2.24) is 4.90 Å². The van der Waals surface area contributed by atoms with Gasteiger partial charge in [-0.3, -0.25) is 0 Å². The second kappa shape index (κ2) is 8.62. The Labute approximate surface area is 171 Å². The quantitative estimate of drug-likeness (QED) is 0.638.